The van der Waals surface area contributed by atoms with Gasteiger partial charge in [0.05, 0.1) is 17.1 Å². The average molecular weight is 536 g/mol. The summed E-state index contributed by atoms with van der Waals surface area (Å²) in [5, 5.41) is 25.3. The molecule has 1 saturated carbocycles. The summed E-state index contributed by atoms with van der Waals surface area (Å²) in [7, 11) is 1.73. The predicted molar refractivity (Wildman–Crippen MR) is 140 cm³/mol. The van der Waals surface area contributed by atoms with E-state index in [9.17, 15) is 14.4 Å². The van der Waals surface area contributed by atoms with Gasteiger partial charge in [0.2, 0.25) is 17.7 Å². The average Bonchev–Trinajstić information content (AvgIpc) is 3.55. The number of hydrogen-bond acceptors (Lipinski definition) is 8. The summed E-state index contributed by atoms with van der Waals surface area (Å²) in [5.74, 6) is -0.732. The summed E-state index contributed by atoms with van der Waals surface area (Å²) >= 11 is 6.22. The molecule has 1 saturated heterocycles. The third-order valence-corrected chi connectivity index (χ3v) is 6.83. The molecular weight excluding hydrogens is 510 g/mol. The molecule has 1 aromatic heterocycles. The zero-order valence-electron chi connectivity index (χ0n) is 20.6. The van der Waals surface area contributed by atoms with Crippen LogP contribution in [0.2, 0.25) is 5.02 Å². The highest BCUT2D eigenvalue weighted by Gasteiger charge is 2.41. The molecule has 1 unspecified atom stereocenters. The van der Waals surface area contributed by atoms with Crippen LogP contribution in [-0.4, -0.2) is 74.7 Å². The van der Waals surface area contributed by atoms with Crippen molar-refractivity contribution in [3.8, 4) is 5.69 Å². The van der Waals surface area contributed by atoms with Gasteiger partial charge in [-0.05, 0) is 59.2 Å². The molecule has 38 heavy (non-hydrogen) atoms. The van der Waals surface area contributed by atoms with Crippen molar-refractivity contribution in [3.05, 3.63) is 65.2 Å². The van der Waals surface area contributed by atoms with Crippen molar-refractivity contribution < 1.29 is 14.4 Å². The van der Waals surface area contributed by atoms with E-state index in [4.69, 9.17) is 17.0 Å². The fraction of sp³-hybridized carbons (Fsp3) is 0.320. The Labute approximate surface area is 223 Å². The number of benzene rings is 1. The summed E-state index contributed by atoms with van der Waals surface area (Å²) in [6.45, 7) is -0.507. The van der Waals surface area contributed by atoms with Gasteiger partial charge in [0.25, 0.3) is 0 Å². The lowest BCUT2D eigenvalue weighted by atomic mass is 10.0. The van der Waals surface area contributed by atoms with Gasteiger partial charge in [-0.25, -0.2) is 0 Å². The molecule has 3 amide bonds. The van der Waals surface area contributed by atoms with Crippen LogP contribution in [0, 0.1) is 11.3 Å². The Hall–Kier alpha value is -4.32. The van der Waals surface area contributed by atoms with E-state index in [0.717, 1.165) is 12.8 Å². The van der Waals surface area contributed by atoms with E-state index in [-0.39, 0.29) is 30.8 Å². The second kappa shape index (κ2) is 10.6. The number of allylic oxidation sites excluding steroid dienone is 4. The number of piperazine rings is 1. The molecule has 2 heterocycles. The van der Waals surface area contributed by atoms with Gasteiger partial charge in [0, 0.05) is 29.5 Å². The highest BCUT2D eigenvalue weighted by atomic mass is 35.5. The summed E-state index contributed by atoms with van der Waals surface area (Å²) < 4.78 is 1.39. The quantitative estimate of drug-likeness (QED) is 0.462. The van der Waals surface area contributed by atoms with Crippen LogP contribution in [0.15, 0.2) is 60.2 Å². The molecule has 0 spiro atoms. The van der Waals surface area contributed by atoms with Crippen molar-refractivity contribution in [1.82, 2.24) is 35.7 Å². The Morgan fingerprint density at radius 2 is 2.03 bits per heavy atom. The van der Waals surface area contributed by atoms with Crippen LogP contribution in [0.5, 0.6) is 0 Å². The molecule has 196 valence electrons. The number of carbonyl (C=O) groups excluding carboxylic acids is 3. The minimum absolute atomic E-state index is 0.252. The summed E-state index contributed by atoms with van der Waals surface area (Å²) in [6, 6.07) is 4.10. The van der Waals surface area contributed by atoms with Crippen LogP contribution in [0.25, 0.3) is 5.69 Å². The van der Waals surface area contributed by atoms with Gasteiger partial charge in [0.1, 0.15) is 25.5 Å². The van der Waals surface area contributed by atoms with Crippen LogP contribution < -0.4 is 15.5 Å². The largest absolute Gasteiger partial charge is 0.393 e. The van der Waals surface area contributed by atoms with E-state index < -0.39 is 6.04 Å². The topological polar surface area (TPSA) is 149 Å². The van der Waals surface area contributed by atoms with E-state index in [1.807, 2.05) is 0 Å². The number of nitrogens with zero attached hydrogens (tertiary/aromatic N) is 6. The Morgan fingerprint density at radius 1 is 1.21 bits per heavy atom. The first-order chi connectivity index (χ1) is 18.3. The maximum Gasteiger partial charge on any atom is 0.247 e. The van der Waals surface area contributed by atoms with E-state index in [1.54, 1.807) is 49.7 Å². The van der Waals surface area contributed by atoms with Crippen LogP contribution in [-0.2, 0) is 14.4 Å². The highest BCUT2D eigenvalue weighted by Crippen LogP contribution is 2.36. The van der Waals surface area contributed by atoms with Gasteiger partial charge >= 0.3 is 0 Å². The molecule has 3 N–H and O–H groups in total. The van der Waals surface area contributed by atoms with Crippen molar-refractivity contribution in [1.29, 1.82) is 5.41 Å². The number of halogens is 1. The SMILES string of the molecule is CN/C=C1/C=C(NC(=O)C(CC2CC2)N2CC(=O)N(c3cc(Cl)ccc3-n3cnnn3)CC2=O)C=CC1=N. The van der Waals surface area contributed by atoms with Gasteiger partial charge in [0.15, 0.2) is 0 Å². The summed E-state index contributed by atoms with van der Waals surface area (Å²) in [6.07, 6.45) is 10.4. The lowest BCUT2D eigenvalue weighted by Gasteiger charge is -2.38. The summed E-state index contributed by atoms with van der Waals surface area (Å²) in [4.78, 5) is 43.0. The fourth-order valence-corrected chi connectivity index (χ4v) is 4.67. The molecule has 2 fully saturated rings. The van der Waals surface area contributed by atoms with E-state index in [1.165, 1.54) is 20.8 Å². The van der Waals surface area contributed by atoms with Crippen molar-refractivity contribution >= 4 is 40.7 Å². The monoisotopic (exact) mass is 535 g/mol. The van der Waals surface area contributed by atoms with Crippen molar-refractivity contribution in [2.75, 3.05) is 25.0 Å². The highest BCUT2D eigenvalue weighted by molar-refractivity contribution is 6.31. The van der Waals surface area contributed by atoms with Crippen LogP contribution in [0.1, 0.15) is 19.3 Å². The number of rotatable bonds is 8. The van der Waals surface area contributed by atoms with Gasteiger partial charge in [-0.3, -0.25) is 19.3 Å². The van der Waals surface area contributed by atoms with Crippen LogP contribution in [0.3, 0.4) is 0 Å². The molecule has 1 atom stereocenters. The van der Waals surface area contributed by atoms with Crippen LogP contribution >= 0.6 is 11.6 Å². The minimum atomic E-state index is -0.799. The maximum absolute atomic E-state index is 13.4. The van der Waals surface area contributed by atoms with Gasteiger partial charge < -0.3 is 20.9 Å². The molecule has 2 aromatic rings. The van der Waals surface area contributed by atoms with E-state index in [2.05, 4.69) is 26.2 Å². The molecule has 12 nitrogen and oxygen atoms in total. The number of tetrazole rings is 1. The fourth-order valence-electron chi connectivity index (χ4n) is 4.50. The standard InChI is InChI=1S/C25H26ClN9O3/c1-28-11-16-9-18(5-6-19(16)27)30-25(38)22(8-15-2-3-15)34-13-23(36)33(12-24(34)37)21-10-17(26)4-7-20(21)35-14-29-31-32-35/h4-7,9-11,14-15,22,27-28H,2-3,8,12-13H2,1H3,(H,30,38)/b16-11-,27-19?. The molecule has 2 aliphatic carbocycles. The Morgan fingerprint density at radius 3 is 2.74 bits per heavy atom. The number of hydrogen-bond donors (Lipinski definition) is 3. The Kier molecular flexibility index (Phi) is 7.05. The van der Waals surface area contributed by atoms with E-state index in [0.29, 0.717) is 45.7 Å². The number of carbonyl (C=O) groups is 3. The first-order valence-electron chi connectivity index (χ1n) is 12.1. The second-order valence-electron chi connectivity index (χ2n) is 9.31. The molecule has 3 aliphatic rings. The molecule has 1 aliphatic heterocycles. The Balaban J connectivity index is 1.37. The second-order valence-corrected chi connectivity index (χ2v) is 9.74. The maximum atomic E-state index is 13.4. The lowest BCUT2D eigenvalue weighted by Crippen LogP contribution is -2.60. The smallest absolute Gasteiger partial charge is 0.247 e. The van der Waals surface area contributed by atoms with Gasteiger partial charge in [-0.1, -0.05) is 24.4 Å². The van der Waals surface area contributed by atoms with E-state index >= 15 is 0 Å². The van der Waals surface area contributed by atoms with Crippen LogP contribution in [0.4, 0.5) is 5.69 Å². The van der Waals surface area contributed by atoms with Crippen molar-refractivity contribution in [2.45, 2.75) is 25.3 Å². The zero-order valence-corrected chi connectivity index (χ0v) is 21.4. The molecule has 0 radical (unpaired) electrons. The third kappa shape index (κ3) is 5.35. The summed E-state index contributed by atoms with van der Waals surface area (Å²) in [5.41, 5.74) is 2.33. The molecule has 5 rings (SSSR count). The number of nitrogens with one attached hydrogen (secondary N) is 3. The molecule has 0 bridgehead atoms. The van der Waals surface area contributed by atoms with Crippen molar-refractivity contribution in [2.24, 2.45) is 5.92 Å². The Bertz CT molecular complexity index is 1380. The zero-order chi connectivity index (χ0) is 26.8. The van der Waals surface area contributed by atoms with Gasteiger partial charge in [-0.15, -0.1) is 5.10 Å². The first-order valence-corrected chi connectivity index (χ1v) is 12.5. The lowest BCUT2D eigenvalue weighted by molar-refractivity contribution is -0.145. The molecule has 1 aromatic carbocycles. The number of aromatic nitrogens is 4. The van der Waals surface area contributed by atoms with Crippen molar-refractivity contribution in [3.63, 3.8) is 0 Å². The van der Waals surface area contributed by atoms with Gasteiger partial charge in [-0.2, -0.15) is 4.68 Å². The third-order valence-electron chi connectivity index (χ3n) is 6.60. The minimum Gasteiger partial charge on any atom is -0.393 e. The molecule has 13 heteroatoms. The predicted octanol–water partition coefficient (Wildman–Crippen LogP) is 1.35. The first kappa shape index (κ1) is 25.3. The number of anilines is 1. The number of amides is 3. The molecular formula is C25H26ClN9O3. The normalized spacial score (nSPS) is 19.6.